The number of hydrogen-bond donors (Lipinski definition) is 0. The minimum Gasteiger partial charge on any atom is -0.173 e. The summed E-state index contributed by atoms with van der Waals surface area (Å²) < 4.78 is 25.4. The van der Waals surface area contributed by atoms with Crippen LogP contribution < -0.4 is 0 Å². The van der Waals surface area contributed by atoms with Crippen molar-refractivity contribution in [3.05, 3.63) is 50.9 Å². The Hall–Kier alpha value is -1.00. The zero-order chi connectivity index (χ0) is 9.97. The van der Waals surface area contributed by atoms with E-state index in [1.165, 1.54) is 22.7 Å². The first-order valence-corrected chi connectivity index (χ1v) is 5.68. The van der Waals surface area contributed by atoms with Crippen molar-refractivity contribution in [1.29, 1.82) is 0 Å². The van der Waals surface area contributed by atoms with E-state index in [4.69, 9.17) is 0 Å². The Balaban J connectivity index is 2.52. The third-order valence-corrected chi connectivity index (χ3v) is 3.50. The fourth-order valence-corrected chi connectivity index (χ4v) is 2.75. The molecule has 0 unspecified atom stereocenters. The zero-order valence-electron chi connectivity index (χ0n) is 7.04. The maximum Gasteiger partial charge on any atom is 0.280 e. The van der Waals surface area contributed by atoms with E-state index in [1.54, 1.807) is 35.0 Å². The minimum absolute atomic E-state index is 0.0648. The second-order valence-electron chi connectivity index (χ2n) is 2.59. The normalized spacial score (nSPS) is 10.1. The summed E-state index contributed by atoms with van der Waals surface area (Å²) >= 11 is 2.65. The van der Waals surface area contributed by atoms with Crippen LogP contribution in [0.5, 0.6) is 0 Å². The van der Waals surface area contributed by atoms with Gasteiger partial charge in [-0.05, 0) is 22.9 Å². The molecule has 2 aromatic heterocycles. The quantitative estimate of drug-likeness (QED) is 0.711. The topological polar surface area (TPSA) is 0 Å². The predicted octanol–water partition coefficient (Wildman–Crippen LogP) is 4.47. The fraction of sp³-hybridized carbons (Fsp3) is 0. The Kier molecular flexibility index (Phi) is 2.74. The van der Waals surface area contributed by atoms with Gasteiger partial charge in [-0.2, -0.15) is 8.78 Å². The standard InChI is InChI=1S/C10H6F2S2/c11-10(12)9(7-3-1-5-13-7)8-4-2-6-14-8/h1-6H. The third kappa shape index (κ3) is 1.76. The van der Waals surface area contributed by atoms with E-state index in [9.17, 15) is 8.78 Å². The number of halogens is 2. The minimum atomic E-state index is -1.62. The van der Waals surface area contributed by atoms with E-state index in [1.807, 2.05) is 0 Å². The molecule has 0 aromatic carbocycles. The molecule has 14 heavy (non-hydrogen) atoms. The van der Waals surface area contributed by atoms with Gasteiger partial charge in [0.15, 0.2) is 0 Å². The zero-order valence-corrected chi connectivity index (χ0v) is 8.67. The van der Waals surface area contributed by atoms with Crippen molar-refractivity contribution in [3.63, 3.8) is 0 Å². The lowest BCUT2D eigenvalue weighted by molar-refractivity contribution is 0.426. The molecular weight excluding hydrogens is 222 g/mol. The van der Waals surface area contributed by atoms with Gasteiger partial charge < -0.3 is 0 Å². The number of rotatable bonds is 2. The van der Waals surface area contributed by atoms with Gasteiger partial charge in [-0.25, -0.2) is 0 Å². The van der Waals surface area contributed by atoms with E-state index >= 15 is 0 Å². The highest BCUT2D eigenvalue weighted by molar-refractivity contribution is 7.13. The first-order valence-electron chi connectivity index (χ1n) is 3.92. The summed E-state index contributed by atoms with van der Waals surface area (Å²) in [5, 5.41) is 3.60. The van der Waals surface area contributed by atoms with Crippen LogP contribution in [0.2, 0.25) is 0 Å². The van der Waals surface area contributed by atoms with Crippen LogP contribution in [0, 0.1) is 0 Å². The summed E-state index contributed by atoms with van der Waals surface area (Å²) in [5.74, 6) is 0. The third-order valence-electron chi connectivity index (χ3n) is 1.72. The van der Waals surface area contributed by atoms with Gasteiger partial charge >= 0.3 is 0 Å². The molecule has 0 aliphatic carbocycles. The van der Waals surface area contributed by atoms with E-state index in [-0.39, 0.29) is 5.57 Å². The van der Waals surface area contributed by atoms with Crippen LogP contribution in [0.1, 0.15) is 9.75 Å². The van der Waals surface area contributed by atoms with Gasteiger partial charge in [-0.3, -0.25) is 0 Å². The molecule has 0 bridgehead atoms. The molecule has 0 spiro atoms. The van der Waals surface area contributed by atoms with Crippen molar-refractivity contribution in [1.82, 2.24) is 0 Å². The molecule has 0 N–H and O–H groups in total. The van der Waals surface area contributed by atoms with Crippen LogP contribution in [0.4, 0.5) is 8.78 Å². The molecular formula is C10H6F2S2. The SMILES string of the molecule is FC(F)=C(c1cccs1)c1cccs1. The molecule has 0 aliphatic heterocycles. The molecule has 0 atom stereocenters. The van der Waals surface area contributed by atoms with Gasteiger partial charge in [0, 0.05) is 9.75 Å². The molecule has 0 radical (unpaired) electrons. The van der Waals surface area contributed by atoms with Gasteiger partial charge in [0.25, 0.3) is 6.08 Å². The molecule has 0 amide bonds. The summed E-state index contributed by atoms with van der Waals surface area (Å²) in [4.78, 5) is 1.24. The monoisotopic (exact) mass is 228 g/mol. The smallest absolute Gasteiger partial charge is 0.173 e. The van der Waals surface area contributed by atoms with Crippen molar-refractivity contribution < 1.29 is 8.78 Å². The Bertz CT molecular complexity index is 386. The van der Waals surface area contributed by atoms with Crippen molar-refractivity contribution in [2.24, 2.45) is 0 Å². The van der Waals surface area contributed by atoms with Crippen LogP contribution in [0.25, 0.3) is 5.57 Å². The molecule has 4 heteroatoms. The van der Waals surface area contributed by atoms with Gasteiger partial charge in [0.05, 0.1) is 5.57 Å². The van der Waals surface area contributed by atoms with Gasteiger partial charge in [0.2, 0.25) is 0 Å². The van der Waals surface area contributed by atoms with Gasteiger partial charge in [-0.15, -0.1) is 22.7 Å². The molecule has 0 nitrogen and oxygen atoms in total. The van der Waals surface area contributed by atoms with E-state index in [2.05, 4.69) is 0 Å². The summed E-state index contributed by atoms with van der Waals surface area (Å²) in [6.07, 6.45) is -1.62. The van der Waals surface area contributed by atoms with Gasteiger partial charge in [0.1, 0.15) is 0 Å². The number of hydrogen-bond acceptors (Lipinski definition) is 2. The largest absolute Gasteiger partial charge is 0.280 e. The highest BCUT2D eigenvalue weighted by Crippen LogP contribution is 2.33. The maximum atomic E-state index is 12.7. The lowest BCUT2D eigenvalue weighted by Crippen LogP contribution is -1.81. The Morgan fingerprint density at radius 3 is 1.71 bits per heavy atom. The Morgan fingerprint density at radius 2 is 1.43 bits per heavy atom. The second-order valence-corrected chi connectivity index (χ2v) is 4.49. The average Bonchev–Trinajstić information content (AvgIpc) is 2.75. The van der Waals surface area contributed by atoms with Crippen LogP contribution in [-0.4, -0.2) is 0 Å². The highest BCUT2D eigenvalue weighted by atomic mass is 32.1. The van der Waals surface area contributed by atoms with E-state index < -0.39 is 6.08 Å². The summed E-state index contributed by atoms with van der Waals surface area (Å²) in [6.45, 7) is 0. The lowest BCUT2D eigenvalue weighted by atomic mass is 10.2. The first kappa shape index (κ1) is 9.55. The molecule has 0 fully saturated rings. The predicted molar refractivity (Wildman–Crippen MR) is 56.9 cm³/mol. The van der Waals surface area contributed by atoms with Crippen molar-refractivity contribution in [2.75, 3.05) is 0 Å². The van der Waals surface area contributed by atoms with Crippen molar-refractivity contribution in [3.8, 4) is 0 Å². The van der Waals surface area contributed by atoms with E-state index in [0.29, 0.717) is 9.75 Å². The van der Waals surface area contributed by atoms with E-state index in [0.717, 1.165) is 0 Å². The molecule has 2 heterocycles. The van der Waals surface area contributed by atoms with Gasteiger partial charge in [-0.1, -0.05) is 12.1 Å². The Labute approximate surface area is 88.1 Å². The number of thiophene rings is 2. The Morgan fingerprint density at radius 1 is 0.929 bits per heavy atom. The molecule has 0 saturated heterocycles. The van der Waals surface area contributed by atoms with Crippen LogP contribution >= 0.6 is 22.7 Å². The van der Waals surface area contributed by atoms with Crippen molar-refractivity contribution >= 4 is 28.2 Å². The molecule has 0 aliphatic rings. The van der Waals surface area contributed by atoms with Crippen LogP contribution in [0.15, 0.2) is 41.1 Å². The molecule has 2 aromatic rings. The van der Waals surface area contributed by atoms with Crippen molar-refractivity contribution in [2.45, 2.75) is 0 Å². The molecule has 2 rings (SSSR count). The average molecular weight is 228 g/mol. The summed E-state index contributed by atoms with van der Waals surface area (Å²) in [7, 11) is 0. The van der Waals surface area contributed by atoms with Crippen LogP contribution in [0.3, 0.4) is 0 Å². The summed E-state index contributed by atoms with van der Waals surface area (Å²) in [6, 6.07) is 6.96. The lowest BCUT2D eigenvalue weighted by Gasteiger charge is -1.99. The maximum absolute atomic E-state index is 12.7. The highest BCUT2D eigenvalue weighted by Gasteiger charge is 2.13. The molecule has 72 valence electrons. The second kappa shape index (κ2) is 4.02. The molecule has 0 saturated carbocycles. The first-order chi connectivity index (χ1) is 6.79. The fourth-order valence-electron chi connectivity index (χ4n) is 1.15. The van der Waals surface area contributed by atoms with Crippen LogP contribution in [-0.2, 0) is 0 Å². The summed E-state index contributed by atoms with van der Waals surface area (Å²) in [5.41, 5.74) is 0.0648.